The third-order valence-electron chi connectivity index (χ3n) is 8.53. The maximum atomic E-state index is 13.6. The van der Waals surface area contributed by atoms with E-state index in [4.69, 9.17) is 19.9 Å². The van der Waals surface area contributed by atoms with Crippen molar-refractivity contribution in [1.82, 2.24) is 15.5 Å². The van der Waals surface area contributed by atoms with E-state index in [0.717, 1.165) is 56.4 Å². The number of carbonyl (C=O) groups is 1. The molecule has 0 saturated carbocycles. The summed E-state index contributed by atoms with van der Waals surface area (Å²) in [7, 11) is 1.74. The summed E-state index contributed by atoms with van der Waals surface area (Å²) in [5, 5.41) is 7.19. The topological polar surface area (TPSA) is 98.1 Å². The zero-order chi connectivity index (χ0) is 28.5. The lowest BCUT2D eigenvalue weighted by atomic mass is 9.97. The average molecular weight is 553 g/mol. The molecule has 3 aliphatic heterocycles. The third kappa shape index (κ3) is 7.97. The summed E-state index contributed by atoms with van der Waals surface area (Å²) in [6.07, 6.45) is 9.32. The Morgan fingerprint density at radius 2 is 1.93 bits per heavy atom. The van der Waals surface area contributed by atoms with Crippen molar-refractivity contribution in [2.75, 3.05) is 40.0 Å². The number of likely N-dealkylation sites (tertiary alicyclic amines) is 1. The molecule has 3 aliphatic rings. The van der Waals surface area contributed by atoms with Gasteiger partial charge in [-0.1, -0.05) is 36.4 Å². The van der Waals surface area contributed by atoms with Gasteiger partial charge in [-0.2, -0.15) is 0 Å². The van der Waals surface area contributed by atoms with Crippen molar-refractivity contribution in [2.45, 2.75) is 82.8 Å². The van der Waals surface area contributed by atoms with Crippen LogP contribution < -0.4 is 16.4 Å². The molecule has 3 fully saturated rings. The molecule has 0 spiro atoms. The first-order valence-corrected chi connectivity index (χ1v) is 14.8. The lowest BCUT2D eigenvalue weighted by Gasteiger charge is -2.38. The predicted molar refractivity (Wildman–Crippen MR) is 159 cm³/mol. The van der Waals surface area contributed by atoms with Gasteiger partial charge in [0.2, 0.25) is 0 Å². The number of rotatable bonds is 10. The number of aryl methyl sites for hydroxylation is 1. The van der Waals surface area contributed by atoms with Gasteiger partial charge in [-0.25, -0.2) is 0 Å². The molecule has 1 amide bonds. The summed E-state index contributed by atoms with van der Waals surface area (Å²) >= 11 is 0. The normalized spacial score (nSPS) is 26.9. The van der Waals surface area contributed by atoms with Crippen molar-refractivity contribution in [1.29, 1.82) is 0 Å². The monoisotopic (exact) mass is 552 g/mol. The second kappa shape index (κ2) is 14.8. The molecule has 1 aromatic carbocycles. The van der Waals surface area contributed by atoms with Gasteiger partial charge in [0.1, 0.15) is 0 Å². The number of ether oxygens (including phenoxy) is 3. The maximum absolute atomic E-state index is 13.6. The Labute approximate surface area is 240 Å². The Morgan fingerprint density at radius 1 is 1.18 bits per heavy atom. The molecule has 3 heterocycles. The Morgan fingerprint density at radius 3 is 2.62 bits per heavy atom. The number of nitrogens with zero attached hydrogens (tertiary/aromatic N) is 1. The summed E-state index contributed by atoms with van der Waals surface area (Å²) in [5.41, 5.74) is 10.4. The van der Waals surface area contributed by atoms with Crippen LogP contribution in [0.5, 0.6) is 0 Å². The molecule has 0 aromatic heterocycles. The number of piperidine rings is 1. The van der Waals surface area contributed by atoms with E-state index >= 15 is 0 Å². The van der Waals surface area contributed by atoms with Crippen LogP contribution in [0.1, 0.15) is 62.7 Å². The van der Waals surface area contributed by atoms with E-state index in [1.54, 1.807) is 13.2 Å². The van der Waals surface area contributed by atoms with E-state index in [1.807, 2.05) is 11.8 Å². The Kier molecular flexibility index (Phi) is 11.2. The quantitative estimate of drug-likeness (QED) is 0.299. The van der Waals surface area contributed by atoms with E-state index in [0.29, 0.717) is 43.9 Å². The molecule has 3 saturated heterocycles. The van der Waals surface area contributed by atoms with Crippen molar-refractivity contribution < 1.29 is 19.0 Å². The zero-order valence-corrected chi connectivity index (χ0v) is 24.5. The summed E-state index contributed by atoms with van der Waals surface area (Å²) in [6.45, 7) is 11.7. The Balaban J connectivity index is 1.30. The molecule has 1 aromatic rings. The van der Waals surface area contributed by atoms with Crippen LogP contribution in [0.2, 0.25) is 0 Å². The molecule has 0 aliphatic carbocycles. The molecule has 0 radical (unpaired) electrons. The minimum Gasteiger partial charge on any atom is -0.405 e. The van der Waals surface area contributed by atoms with Crippen LogP contribution in [0.3, 0.4) is 0 Å². The van der Waals surface area contributed by atoms with Crippen molar-refractivity contribution in [3.63, 3.8) is 0 Å². The summed E-state index contributed by atoms with van der Waals surface area (Å²) in [6, 6.07) is 9.26. The van der Waals surface area contributed by atoms with Gasteiger partial charge < -0.3 is 35.5 Å². The second-order valence-corrected chi connectivity index (χ2v) is 11.3. The molecule has 0 bridgehead atoms. The minimum absolute atomic E-state index is 0.00483. The summed E-state index contributed by atoms with van der Waals surface area (Å²) in [5.74, 6) is -0.00483. The highest BCUT2D eigenvalue weighted by Gasteiger charge is 2.31. The van der Waals surface area contributed by atoms with Crippen LogP contribution >= 0.6 is 0 Å². The van der Waals surface area contributed by atoms with Crippen molar-refractivity contribution >= 4 is 5.91 Å². The number of nitrogens with one attached hydrogen (secondary N) is 2. The fourth-order valence-electron chi connectivity index (χ4n) is 5.92. The van der Waals surface area contributed by atoms with Gasteiger partial charge in [0.05, 0.1) is 24.9 Å². The minimum atomic E-state index is -0.00483. The highest BCUT2D eigenvalue weighted by molar-refractivity contribution is 5.97. The van der Waals surface area contributed by atoms with Gasteiger partial charge in [0, 0.05) is 56.7 Å². The highest BCUT2D eigenvalue weighted by Crippen LogP contribution is 2.31. The number of carbonyl (C=O) groups excluding carboxylic acids is 1. The van der Waals surface area contributed by atoms with Gasteiger partial charge >= 0.3 is 0 Å². The van der Waals surface area contributed by atoms with Crippen LogP contribution in [0, 0.1) is 6.92 Å². The maximum Gasteiger partial charge on any atom is 0.254 e. The van der Waals surface area contributed by atoms with E-state index in [2.05, 4.69) is 48.4 Å². The van der Waals surface area contributed by atoms with Gasteiger partial charge in [0.25, 0.3) is 5.91 Å². The average Bonchev–Trinajstić information content (AvgIpc) is 2.99. The second-order valence-electron chi connectivity index (χ2n) is 11.3. The lowest BCUT2D eigenvalue weighted by Crippen LogP contribution is -2.54. The molecule has 4 rings (SSSR count). The molecule has 4 atom stereocenters. The largest absolute Gasteiger partial charge is 0.405 e. The predicted octanol–water partition coefficient (Wildman–Crippen LogP) is 3.88. The van der Waals surface area contributed by atoms with Gasteiger partial charge in [-0.05, 0) is 75.8 Å². The molecule has 0 unspecified atom stereocenters. The number of hydrogen-bond donors (Lipinski definition) is 3. The van der Waals surface area contributed by atoms with Crippen molar-refractivity contribution in [3.8, 4) is 0 Å². The van der Waals surface area contributed by atoms with E-state index in [-0.39, 0.29) is 24.2 Å². The van der Waals surface area contributed by atoms with Crippen LogP contribution in [0.25, 0.3) is 0 Å². The zero-order valence-electron chi connectivity index (χ0n) is 24.5. The fourth-order valence-corrected chi connectivity index (χ4v) is 5.92. The van der Waals surface area contributed by atoms with Crippen LogP contribution in [-0.4, -0.2) is 75.1 Å². The third-order valence-corrected chi connectivity index (χ3v) is 8.53. The number of allylic oxidation sites excluding steroid dienone is 1. The summed E-state index contributed by atoms with van der Waals surface area (Å²) < 4.78 is 17.6. The van der Waals surface area contributed by atoms with Crippen molar-refractivity contribution in [2.24, 2.45) is 5.73 Å². The lowest BCUT2D eigenvalue weighted by molar-refractivity contribution is -0.128. The van der Waals surface area contributed by atoms with Crippen LogP contribution in [-0.2, 0) is 19.0 Å². The standard InChI is InChI=1S/C32H48N4O4/c1-22-8-10-25(11-9-22)30-7-5-6-27(40-30)20-34-24(3)23(2)28(12-16-33)32(37)36-17-13-26(14-18-36)35-29-15-19-39-21-31(29)38-4/h8-12,16,26-27,29-31,34-35H,3,5-7,13-15,17-21,33H2,1-2,4H3/b16-12-,28-23+/t27-,29+,30+,31-/m1/s1. The fraction of sp³-hybridized carbons (Fsp3) is 0.594. The first kappa shape index (κ1) is 30.3. The number of nitrogens with two attached hydrogens (primary N) is 1. The Hall–Kier alpha value is -2.65. The molecule has 8 heteroatoms. The molecule has 220 valence electrons. The highest BCUT2D eigenvalue weighted by atomic mass is 16.5. The molecule has 8 nitrogen and oxygen atoms in total. The number of hydrogen-bond acceptors (Lipinski definition) is 7. The molecular weight excluding hydrogens is 504 g/mol. The molecular formula is C32H48N4O4. The number of amides is 1. The SMILES string of the molecule is C=C(NC[C@H]1CCC[C@@H](c2ccc(C)cc2)O1)/C(C)=C(\C=C/N)C(=O)N1CCC(N[C@H]2CCOC[C@H]2OC)CC1. The van der Waals surface area contributed by atoms with E-state index in [1.165, 1.54) is 17.3 Å². The van der Waals surface area contributed by atoms with E-state index in [9.17, 15) is 4.79 Å². The first-order valence-electron chi connectivity index (χ1n) is 14.8. The summed E-state index contributed by atoms with van der Waals surface area (Å²) in [4.78, 5) is 15.5. The first-order chi connectivity index (χ1) is 19.4. The molecule has 4 N–H and O–H groups in total. The van der Waals surface area contributed by atoms with E-state index < -0.39 is 0 Å². The van der Waals surface area contributed by atoms with Gasteiger partial charge in [-0.15, -0.1) is 0 Å². The van der Waals surface area contributed by atoms with Gasteiger partial charge in [0.15, 0.2) is 0 Å². The smallest absolute Gasteiger partial charge is 0.254 e. The van der Waals surface area contributed by atoms with Crippen LogP contribution in [0.4, 0.5) is 0 Å². The number of benzene rings is 1. The van der Waals surface area contributed by atoms with Crippen molar-refractivity contribution in [3.05, 3.63) is 71.1 Å². The molecule has 40 heavy (non-hydrogen) atoms. The Bertz CT molecular complexity index is 1050. The van der Waals surface area contributed by atoms with Gasteiger partial charge in [-0.3, -0.25) is 4.79 Å². The van der Waals surface area contributed by atoms with Crippen LogP contribution in [0.15, 0.2) is 60.0 Å². The number of methoxy groups -OCH3 is 1.